The molecule has 4 atom stereocenters. The van der Waals surface area contributed by atoms with Gasteiger partial charge < -0.3 is 19.9 Å². The summed E-state index contributed by atoms with van der Waals surface area (Å²) in [6.07, 6.45) is -0.819. The third-order valence-corrected chi connectivity index (χ3v) is 10.1. The van der Waals surface area contributed by atoms with Gasteiger partial charge in [-0.15, -0.1) is 0 Å². The van der Waals surface area contributed by atoms with Gasteiger partial charge in [-0.2, -0.15) is 0 Å². The zero-order chi connectivity index (χ0) is 36.2. The van der Waals surface area contributed by atoms with Crippen molar-refractivity contribution in [1.82, 2.24) is 4.90 Å². The highest BCUT2D eigenvalue weighted by molar-refractivity contribution is 6.02. The molecule has 1 amide bonds. The van der Waals surface area contributed by atoms with Crippen LogP contribution in [0.15, 0.2) is 127 Å². The smallest absolute Gasteiger partial charge is 0.228 e. The number of benzene rings is 6. The van der Waals surface area contributed by atoms with E-state index in [1.165, 1.54) is 34.0 Å². The molecule has 2 N–H and O–H groups in total. The number of hydrogen-bond acceptors (Lipinski definition) is 6. The molecule has 0 radical (unpaired) electrons. The van der Waals surface area contributed by atoms with Crippen LogP contribution in [-0.4, -0.2) is 41.4 Å². The van der Waals surface area contributed by atoms with Gasteiger partial charge in [0.1, 0.15) is 0 Å². The summed E-state index contributed by atoms with van der Waals surface area (Å²) in [6, 6.07) is 42.1. The van der Waals surface area contributed by atoms with Crippen LogP contribution in [0, 0.1) is 5.92 Å². The lowest BCUT2D eigenvalue weighted by atomic mass is 9.89. The Morgan fingerprint density at radius 1 is 0.750 bits per heavy atom. The van der Waals surface area contributed by atoms with Gasteiger partial charge in [-0.3, -0.25) is 14.5 Å². The van der Waals surface area contributed by atoms with E-state index in [4.69, 9.17) is 9.47 Å². The Labute approximate surface area is 304 Å². The molecule has 264 valence electrons. The first-order valence-electron chi connectivity index (χ1n) is 17.8. The number of nitrogens with one attached hydrogen (secondary N) is 1. The third-order valence-electron chi connectivity index (χ3n) is 10.1. The molecular weight excluding hydrogens is 649 g/mol. The molecular formula is C45H44N2O5. The lowest BCUT2D eigenvalue weighted by Crippen LogP contribution is -2.43. The van der Waals surface area contributed by atoms with E-state index in [2.05, 4.69) is 78.8 Å². The van der Waals surface area contributed by atoms with Crippen LogP contribution < -0.4 is 5.32 Å². The standard InChI is InChI=1S/C45H44N2O5/c1-29-42(27-47(3)26-41-39-13-6-4-9-36(39)24-37-10-5-7-14-40(37)41)51-45(52-44(29)33-19-17-32(28-48)18-20-33)34-21-15-31(16-22-34)23-43(50)46-38-12-8-11-35(25-38)30(2)49/h4-22,24-25,29,42,44-45,48H,23,26-28H2,1-3H3,(H,46,50)/t29-,42+,44+,45?/m0/s1. The summed E-state index contributed by atoms with van der Waals surface area (Å²) >= 11 is 0. The number of amides is 1. The second kappa shape index (κ2) is 15.6. The second-order valence-corrected chi connectivity index (χ2v) is 13.9. The minimum absolute atomic E-state index is 0.0153. The predicted octanol–water partition coefficient (Wildman–Crippen LogP) is 8.79. The Kier molecular flexibility index (Phi) is 10.6. The Balaban J connectivity index is 1.10. The number of rotatable bonds is 11. The molecule has 0 aromatic heterocycles. The number of carbonyl (C=O) groups excluding carboxylic acids is 2. The normalized spacial score (nSPS) is 18.9. The number of fused-ring (bicyclic) bond motifs is 2. The van der Waals surface area contributed by atoms with E-state index in [0.29, 0.717) is 17.8 Å². The molecule has 0 saturated carbocycles. The van der Waals surface area contributed by atoms with Crippen LogP contribution in [0.3, 0.4) is 0 Å². The van der Waals surface area contributed by atoms with Gasteiger partial charge in [-0.1, -0.05) is 116 Å². The van der Waals surface area contributed by atoms with Gasteiger partial charge in [0, 0.05) is 35.8 Å². The number of likely N-dealkylation sites (N-methyl/N-ethyl adjacent to an activating group) is 1. The molecule has 1 unspecified atom stereocenters. The van der Waals surface area contributed by atoms with Gasteiger partial charge in [-0.25, -0.2) is 0 Å². The maximum Gasteiger partial charge on any atom is 0.228 e. The number of ether oxygens (including phenoxy) is 2. The quantitative estimate of drug-likeness (QED) is 0.104. The first kappa shape index (κ1) is 35.2. The highest BCUT2D eigenvalue weighted by Gasteiger charge is 2.39. The molecule has 1 saturated heterocycles. The summed E-state index contributed by atoms with van der Waals surface area (Å²) < 4.78 is 13.5. The van der Waals surface area contributed by atoms with Crippen LogP contribution in [0.2, 0.25) is 0 Å². The Morgan fingerprint density at radius 3 is 2.04 bits per heavy atom. The summed E-state index contributed by atoms with van der Waals surface area (Å²) in [7, 11) is 2.15. The SMILES string of the molecule is CC(=O)c1cccc(NC(=O)Cc2ccc(C3O[C@H](CN(C)Cc4c5ccccc5cc5ccccc45)[C@H](C)[C@H](c4ccc(CO)cc4)O3)cc2)c1. The number of nitrogens with zero attached hydrogens (tertiary/aromatic N) is 1. The van der Waals surface area contributed by atoms with E-state index in [1.807, 2.05) is 48.5 Å². The first-order chi connectivity index (χ1) is 25.2. The summed E-state index contributed by atoms with van der Waals surface area (Å²) in [5.74, 6) is -0.182. The van der Waals surface area contributed by atoms with E-state index in [-0.39, 0.29) is 42.8 Å². The average molecular weight is 693 g/mol. The molecule has 7 nitrogen and oxygen atoms in total. The molecule has 6 aromatic rings. The zero-order valence-corrected chi connectivity index (χ0v) is 29.8. The fraction of sp³-hybridized carbons (Fsp3) is 0.244. The number of aliphatic hydroxyl groups excluding tert-OH is 1. The number of aliphatic hydroxyl groups is 1. The van der Waals surface area contributed by atoms with Crippen molar-refractivity contribution in [3.8, 4) is 0 Å². The van der Waals surface area contributed by atoms with Crippen molar-refractivity contribution < 1.29 is 24.2 Å². The molecule has 1 aliphatic rings. The lowest BCUT2D eigenvalue weighted by molar-refractivity contribution is -0.276. The maximum atomic E-state index is 12.9. The van der Waals surface area contributed by atoms with Crippen molar-refractivity contribution in [3.05, 3.63) is 161 Å². The van der Waals surface area contributed by atoms with Gasteiger partial charge in [-0.05, 0) is 76.0 Å². The van der Waals surface area contributed by atoms with Crippen molar-refractivity contribution in [1.29, 1.82) is 0 Å². The van der Waals surface area contributed by atoms with Crippen molar-refractivity contribution in [3.63, 3.8) is 0 Å². The first-order valence-corrected chi connectivity index (χ1v) is 17.8. The monoisotopic (exact) mass is 692 g/mol. The highest BCUT2D eigenvalue weighted by atomic mass is 16.7. The van der Waals surface area contributed by atoms with Crippen LogP contribution in [0.1, 0.15) is 64.4 Å². The van der Waals surface area contributed by atoms with E-state index in [1.54, 1.807) is 24.3 Å². The lowest BCUT2D eigenvalue weighted by Gasteiger charge is -2.42. The minimum atomic E-state index is -0.618. The van der Waals surface area contributed by atoms with E-state index in [9.17, 15) is 14.7 Å². The predicted molar refractivity (Wildman–Crippen MR) is 206 cm³/mol. The molecule has 0 bridgehead atoms. The maximum absolute atomic E-state index is 12.9. The van der Waals surface area contributed by atoms with Crippen LogP contribution in [0.25, 0.3) is 21.5 Å². The largest absolute Gasteiger partial charge is 0.392 e. The molecule has 1 aliphatic heterocycles. The van der Waals surface area contributed by atoms with E-state index < -0.39 is 6.29 Å². The number of anilines is 1. The minimum Gasteiger partial charge on any atom is -0.392 e. The molecule has 0 spiro atoms. The summed E-state index contributed by atoms with van der Waals surface area (Å²) in [5.41, 5.74) is 6.05. The number of carbonyl (C=O) groups is 2. The molecule has 1 fully saturated rings. The number of hydrogen-bond donors (Lipinski definition) is 2. The average Bonchev–Trinajstić information content (AvgIpc) is 3.16. The molecule has 1 heterocycles. The molecule has 7 heteroatoms. The Hall–Kier alpha value is -5.18. The molecule has 6 aromatic carbocycles. The fourth-order valence-electron chi connectivity index (χ4n) is 7.25. The Bertz CT molecular complexity index is 2140. The van der Waals surface area contributed by atoms with Crippen LogP contribution in [-0.2, 0) is 33.8 Å². The van der Waals surface area contributed by atoms with Gasteiger partial charge in [0.15, 0.2) is 12.1 Å². The summed E-state index contributed by atoms with van der Waals surface area (Å²) in [5, 5.41) is 17.5. The molecule has 7 rings (SSSR count). The number of Topliss-reactive ketones (excluding diaryl/α,β-unsaturated/α-hetero) is 1. The molecule has 52 heavy (non-hydrogen) atoms. The van der Waals surface area contributed by atoms with Gasteiger partial charge >= 0.3 is 0 Å². The van der Waals surface area contributed by atoms with Crippen molar-refractivity contribution in [2.75, 3.05) is 18.9 Å². The topological polar surface area (TPSA) is 88.1 Å². The molecule has 0 aliphatic carbocycles. The summed E-state index contributed by atoms with van der Waals surface area (Å²) in [6.45, 7) is 5.12. The van der Waals surface area contributed by atoms with Crippen molar-refractivity contribution >= 4 is 38.9 Å². The van der Waals surface area contributed by atoms with Crippen LogP contribution >= 0.6 is 0 Å². The van der Waals surface area contributed by atoms with Gasteiger partial charge in [0.2, 0.25) is 5.91 Å². The van der Waals surface area contributed by atoms with E-state index in [0.717, 1.165) is 28.8 Å². The van der Waals surface area contributed by atoms with E-state index >= 15 is 0 Å². The number of ketones is 1. The Morgan fingerprint density at radius 2 is 1.38 bits per heavy atom. The third kappa shape index (κ3) is 7.83. The van der Waals surface area contributed by atoms with Crippen molar-refractivity contribution in [2.24, 2.45) is 5.92 Å². The van der Waals surface area contributed by atoms with Crippen LogP contribution in [0.4, 0.5) is 5.69 Å². The van der Waals surface area contributed by atoms with Crippen molar-refractivity contribution in [2.45, 2.75) is 51.9 Å². The second-order valence-electron chi connectivity index (χ2n) is 13.9. The van der Waals surface area contributed by atoms with Gasteiger partial charge in [0.25, 0.3) is 0 Å². The van der Waals surface area contributed by atoms with Gasteiger partial charge in [0.05, 0.1) is 25.2 Å². The summed E-state index contributed by atoms with van der Waals surface area (Å²) in [4.78, 5) is 27.0. The fourth-order valence-corrected chi connectivity index (χ4v) is 7.25. The zero-order valence-electron chi connectivity index (χ0n) is 29.8. The highest BCUT2D eigenvalue weighted by Crippen LogP contribution is 2.42. The van der Waals surface area contributed by atoms with Crippen LogP contribution in [0.5, 0.6) is 0 Å².